The highest BCUT2D eigenvalue weighted by molar-refractivity contribution is 9.10. The summed E-state index contributed by atoms with van der Waals surface area (Å²) in [5.41, 5.74) is 0.904. The van der Waals surface area contributed by atoms with Gasteiger partial charge in [-0.05, 0) is 24.6 Å². The minimum absolute atomic E-state index is 0.247. The molecule has 1 rings (SSSR count). The predicted molar refractivity (Wildman–Crippen MR) is 73.8 cm³/mol. The second kappa shape index (κ2) is 7.78. The first-order chi connectivity index (χ1) is 9.06. The van der Waals surface area contributed by atoms with Crippen molar-refractivity contribution in [2.24, 2.45) is 0 Å². The first-order valence-electron chi connectivity index (χ1n) is 5.82. The molecule has 0 unspecified atom stereocenters. The smallest absolute Gasteiger partial charge is 0.407 e. The first-order valence-corrected chi connectivity index (χ1v) is 6.61. The van der Waals surface area contributed by atoms with Gasteiger partial charge in [0.05, 0.1) is 13.7 Å². The molecular formula is C13H16BrNO4. The van der Waals surface area contributed by atoms with Gasteiger partial charge in [-0.1, -0.05) is 28.1 Å². The van der Waals surface area contributed by atoms with Crippen molar-refractivity contribution in [2.45, 2.75) is 19.4 Å². The number of amides is 1. The monoisotopic (exact) mass is 329 g/mol. The highest BCUT2D eigenvalue weighted by atomic mass is 79.9. The largest absolute Gasteiger partial charge is 0.467 e. The molecule has 0 aromatic heterocycles. The summed E-state index contributed by atoms with van der Waals surface area (Å²) in [6.45, 7) is 1.94. The average molecular weight is 330 g/mol. The Kier molecular flexibility index (Phi) is 6.35. The summed E-state index contributed by atoms with van der Waals surface area (Å²) in [6.07, 6.45) is -0.293. The minimum Gasteiger partial charge on any atom is -0.467 e. The van der Waals surface area contributed by atoms with Crippen LogP contribution in [-0.4, -0.2) is 31.8 Å². The number of carbonyl (C=O) groups excluding carboxylic acids is 2. The second-order valence-corrected chi connectivity index (χ2v) is 4.69. The van der Waals surface area contributed by atoms with Gasteiger partial charge in [-0.2, -0.15) is 0 Å². The Balaban J connectivity index is 2.74. The summed E-state index contributed by atoms with van der Waals surface area (Å²) in [5.74, 6) is -0.506. The highest BCUT2D eigenvalue weighted by Crippen LogP contribution is 2.13. The lowest BCUT2D eigenvalue weighted by Crippen LogP contribution is -2.43. The van der Waals surface area contributed by atoms with E-state index in [1.54, 1.807) is 6.92 Å². The van der Waals surface area contributed by atoms with Crippen molar-refractivity contribution in [3.8, 4) is 0 Å². The zero-order valence-corrected chi connectivity index (χ0v) is 12.4. The second-order valence-electron chi connectivity index (χ2n) is 3.77. The Morgan fingerprint density at radius 1 is 1.42 bits per heavy atom. The van der Waals surface area contributed by atoms with E-state index in [4.69, 9.17) is 4.74 Å². The van der Waals surface area contributed by atoms with Gasteiger partial charge in [-0.25, -0.2) is 9.59 Å². The molecule has 104 valence electrons. The molecule has 6 heteroatoms. The maximum atomic E-state index is 11.6. The van der Waals surface area contributed by atoms with Gasteiger partial charge in [-0.15, -0.1) is 0 Å². The number of nitrogens with one attached hydrogen (secondary N) is 1. The maximum Gasteiger partial charge on any atom is 0.407 e. The van der Waals surface area contributed by atoms with Crippen molar-refractivity contribution in [3.63, 3.8) is 0 Å². The van der Waals surface area contributed by atoms with Gasteiger partial charge in [0.15, 0.2) is 0 Å². The average Bonchev–Trinajstić information content (AvgIpc) is 2.37. The van der Waals surface area contributed by atoms with Crippen LogP contribution in [0.25, 0.3) is 0 Å². The van der Waals surface area contributed by atoms with E-state index in [0.717, 1.165) is 10.0 Å². The number of ether oxygens (including phenoxy) is 2. The molecule has 0 fully saturated rings. The molecule has 0 aliphatic carbocycles. The third-order valence-electron chi connectivity index (χ3n) is 2.38. The lowest BCUT2D eigenvalue weighted by atomic mass is 10.1. The van der Waals surface area contributed by atoms with Crippen molar-refractivity contribution in [2.75, 3.05) is 13.7 Å². The van der Waals surface area contributed by atoms with E-state index < -0.39 is 18.1 Å². The summed E-state index contributed by atoms with van der Waals surface area (Å²) in [4.78, 5) is 23.0. The molecule has 1 atom stereocenters. The Labute approximate surface area is 120 Å². The molecule has 19 heavy (non-hydrogen) atoms. The molecule has 0 heterocycles. The number of halogens is 1. The fourth-order valence-corrected chi connectivity index (χ4v) is 2.00. The van der Waals surface area contributed by atoms with Crippen molar-refractivity contribution in [1.29, 1.82) is 0 Å². The summed E-state index contributed by atoms with van der Waals surface area (Å²) >= 11 is 3.35. The highest BCUT2D eigenvalue weighted by Gasteiger charge is 2.22. The van der Waals surface area contributed by atoms with E-state index in [-0.39, 0.29) is 6.61 Å². The van der Waals surface area contributed by atoms with Crippen LogP contribution in [0.4, 0.5) is 4.79 Å². The molecule has 1 N–H and O–H groups in total. The molecule has 0 saturated carbocycles. The van der Waals surface area contributed by atoms with Crippen LogP contribution in [0.3, 0.4) is 0 Å². The van der Waals surface area contributed by atoms with Crippen LogP contribution in [0.5, 0.6) is 0 Å². The van der Waals surface area contributed by atoms with Crippen LogP contribution in [0, 0.1) is 0 Å². The fourth-order valence-electron chi connectivity index (χ4n) is 1.55. The fraction of sp³-hybridized carbons (Fsp3) is 0.385. The van der Waals surface area contributed by atoms with Gasteiger partial charge >= 0.3 is 12.1 Å². The Hall–Kier alpha value is -1.56. The van der Waals surface area contributed by atoms with Gasteiger partial charge in [0.25, 0.3) is 0 Å². The number of benzene rings is 1. The SMILES string of the molecule is CCOC(=O)N[C@@H](Cc1cccc(Br)c1)C(=O)OC. The van der Waals surface area contributed by atoms with Crippen molar-refractivity contribution >= 4 is 28.0 Å². The van der Waals surface area contributed by atoms with Crippen LogP contribution < -0.4 is 5.32 Å². The first kappa shape index (κ1) is 15.5. The molecule has 0 aliphatic heterocycles. The van der Waals surface area contributed by atoms with Crippen LogP contribution in [0.2, 0.25) is 0 Å². The third kappa shape index (κ3) is 5.30. The molecule has 0 aliphatic rings. The molecule has 1 aromatic rings. The summed E-state index contributed by atoms with van der Waals surface area (Å²) < 4.78 is 10.3. The number of alkyl carbamates (subject to hydrolysis) is 1. The van der Waals surface area contributed by atoms with E-state index in [2.05, 4.69) is 26.0 Å². The topological polar surface area (TPSA) is 64.6 Å². The normalized spacial score (nSPS) is 11.5. The van der Waals surface area contributed by atoms with Gasteiger partial charge in [0.2, 0.25) is 0 Å². The molecule has 0 radical (unpaired) electrons. The molecule has 0 bridgehead atoms. The number of rotatable bonds is 5. The zero-order chi connectivity index (χ0) is 14.3. The van der Waals surface area contributed by atoms with E-state index >= 15 is 0 Å². The van der Waals surface area contributed by atoms with Gasteiger partial charge < -0.3 is 14.8 Å². The number of carbonyl (C=O) groups is 2. The lowest BCUT2D eigenvalue weighted by Gasteiger charge is -2.16. The number of hydrogen-bond donors (Lipinski definition) is 1. The standard InChI is InChI=1S/C13H16BrNO4/c1-3-19-13(17)15-11(12(16)18-2)8-9-5-4-6-10(14)7-9/h4-7,11H,3,8H2,1-2H3,(H,15,17)/t11-/m0/s1. The maximum absolute atomic E-state index is 11.6. The van der Waals surface area contributed by atoms with Crippen molar-refractivity contribution in [3.05, 3.63) is 34.3 Å². The Bertz CT molecular complexity index is 450. The van der Waals surface area contributed by atoms with Gasteiger partial charge in [-0.3, -0.25) is 0 Å². The van der Waals surface area contributed by atoms with Crippen LogP contribution in [0.1, 0.15) is 12.5 Å². The zero-order valence-electron chi connectivity index (χ0n) is 10.8. The van der Waals surface area contributed by atoms with E-state index in [9.17, 15) is 9.59 Å². The number of methoxy groups -OCH3 is 1. The summed E-state index contributed by atoms with van der Waals surface area (Å²) in [6, 6.07) is 6.72. The van der Waals surface area contributed by atoms with Gasteiger partial charge in [0, 0.05) is 10.9 Å². The molecule has 5 nitrogen and oxygen atoms in total. The quantitative estimate of drug-likeness (QED) is 0.842. The summed E-state index contributed by atoms with van der Waals surface area (Å²) in [7, 11) is 1.28. The lowest BCUT2D eigenvalue weighted by molar-refractivity contribution is -0.142. The van der Waals surface area contributed by atoms with E-state index in [1.807, 2.05) is 24.3 Å². The van der Waals surface area contributed by atoms with E-state index in [1.165, 1.54) is 7.11 Å². The number of esters is 1. The number of hydrogen-bond acceptors (Lipinski definition) is 4. The van der Waals surface area contributed by atoms with E-state index in [0.29, 0.717) is 6.42 Å². The molecule has 0 saturated heterocycles. The van der Waals surface area contributed by atoms with Crippen molar-refractivity contribution < 1.29 is 19.1 Å². The van der Waals surface area contributed by atoms with Crippen LogP contribution in [-0.2, 0) is 20.7 Å². The Morgan fingerprint density at radius 2 is 2.16 bits per heavy atom. The molecular weight excluding hydrogens is 314 g/mol. The van der Waals surface area contributed by atoms with Crippen LogP contribution in [0.15, 0.2) is 28.7 Å². The molecule has 0 spiro atoms. The summed E-state index contributed by atoms with van der Waals surface area (Å²) in [5, 5.41) is 2.49. The molecule has 1 amide bonds. The van der Waals surface area contributed by atoms with Gasteiger partial charge in [0.1, 0.15) is 6.04 Å². The third-order valence-corrected chi connectivity index (χ3v) is 2.88. The predicted octanol–water partition coefficient (Wildman–Crippen LogP) is 2.28. The van der Waals surface area contributed by atoms with Crippen LogP contribution >= 0.6 is 15.9 Å². The molecule has 1 aromatic carbocycles. The Morgan fingerprint density at radius 3 is 2.74 bits per heavy atom. The van der Waals surface area contributed by atoms with Crippen molar-refractivity contribution in [1.82, 2.24) is 5.32 Å². The minimum atomic E-state index is -0.765.